The molecule has 0 bridgehead atoms. The number of anilines is 1. The predicted octanol–water partition coefficient (Wildman–Crippen LogP) is 4.82. The SMILES string of the molecule is CCc1cccc(C)c1NC(=O)C=Cc1ccc(OC(F)F)c(OC)c1. The number of amides is 1. The Kier molecular flexibility index (Phi) is 6.72. The van der Waals surface area contributed by atoms with Crippen molar-refractivity contribution < 1.29 is 23.0 Å². The zero-order valence-corrected chi connectivity index (χ0v) is 14.9. The van der Waals surface area contributed by atoms with Gasteiger partial charge in [-0.2, -0.15) is 8.78 Å². The molecule has 6 heteroatoms. The summed E-state index contributed by atoms with van der Waals surface area (Å²) in [6.07, 6.45) is 3.77. The molecule has 1 N–H and O–H groups in total. The normalized spacial score (nSPS) is 11.0. The molecule has 0 fully saturated rings. The Morgan fingerprint density at radius 2 is 2.00 bits per heavy atom. The second-order valence-corrected chi connectivity index (χ2v) is 5.57. The number of aryl methyl sites for hydroxylation is 2. The van der Waals surface area contributed by atoms with Crippen LogP contribution in [0.4, 0.5) is 14.5 Å². The fraction of sp³-hybridized carbons (Fsp3) is 0.250. The molecule has 0 heterocycles. The van der Waals surface area contributed by atoms with Crippen LogP contribution < -0.4 is 14.8 Å². The van der Waals surface area contributed by atoms with Gasteiger partial charge in [0, 0.05) is 11.8 Å². The van der Waals surface area contributed by atoms with Gasteiger partial charge in [0.05, 0.1) is 7.11 Å². The molecule has 0 atom stereocenters. The molecule has 138 valence electrons. The van der Waals surface area contributed by atoms with Gasteiger partial charge in [0.15, 0.2) is 11.5 Å². The van der Waals surface area contributed by atoms with Gasteiger partial charge in [0.2, 0.25) is 5.91 Å². The Balaban J connectivity index is 2.13. The number of carbonyl (C=O) groups excluding carboxylic acids is 1. The Bertz CT molecular complexity index is 804. The monoisotopic (exact) mass is 361 g/mol. The molecular weight excluding hydrogens is 340 g/mol. The van der Waals surface area contributed by atoms with Gasteiger partial charge in [-0.05, 0) is 48.2 Å². The minimum Gasteiger partial charge on any atom is -0.493 e. The van der Waals surface area contributed by atoms with Crippen LogP contribution >= 0.6 is 0 Å². The number of hydrogen-bond acceptors (Lipinski definition) is 3. The van der Waals surface area contributed by atoms with Gasteiger partial charge in [-0.3, -0.25) is 4.79 Å². The van der Waals surface area contributed by atoms with Crippen molar-refractivity contribution in [2.75, 3.05) is 12.4 Å². The molecule has 0 spiro atoms. The minimum atomic E-state index is -2.93. The highest BCUT2D eigenvalue weighted by atomic mass is 19.3. The first kappa shape index (κ1) is 19.4. The summed E-state index contributed by atoms with van der Waals surface area (Å²) < 4.78 is 34.1. The van der Waals surface area contributed by atoms with Gasteiger partial charge in [-0.15, -0.1) is 0 Å². The molecule has 0 aromatic heterocycles. The van der Waals surface area contributed by atoms with E-state index in [2.05, 4.69) is 10.1 Å². The molecular formula is C20H21F2NO3. The highest BCUT2D eigenvalue weighted by Crippen LogP contribution is 2.30. The summed E-state index contributed by atoms with van der Waals surface area (Å²) in [5.41, 5.74) is 3.48. The molecule has 2 rings (SSSR count). The minimum absolute atomic E-state index is 0.0587. The van der Waals surface area contributed by atoms with Crippen molar-refractivity contribution in [2.24, 2.45) is 0 Å². The number of halogens is 2. The molecule has 2 aromatic carbocycles. The van der Waals surface area contributed by atoms with Crippen LogP contribution in [0.5, 0.6) is 11.5 Å². The van der Waals surface area contributed by atoms with Crippen LogP contribution in [-0.2, 0) is 11.2 Å². The Labute approximate surface area is 151 Å². The second-order valence-electron chi connectivity index (χ2n) is 5.57. The third-order valence-corrected chi connectivity index (χ3v) is 3.82. The van der Waals surface area contributed by atoms with E-state index >= 15 is 0 Å². The molecule has 0 radical (unpaired) electrons. The van der Waals surface area contributed by atoms with Crippen molar-refractivity contribution in [1.82, 2.24) is 0 Å². The number of rotatable bonds is 7. The summed E-state index contributed by atoms with van der Waals surface area (Å²) in [5.74, 6) is -0.169. The highest BCUT2D eigenvalue weighted by Gasteiger charge is 2.11. The fourth-order valence-electron chi connectivity index (χ4n) is 2.52. The van der Waals surface area contributed by atoms with E-state index < -0.39 is 6.61 Å². The molecule has 0 aliphatic rings. The summed E-state index contributed by atoms with van der Waals surface area (Å²) in [6.45, 7) is 1.03. The van der Waals surface area contributed by atoms with Crippen LogP contribution in [0, 0.1) is 6.92 Å². The number of para-hydroxylation sites is 1. The standard InChI is InChI=1S/C20H21F2NO3/c1-4-15-7-5-6-13(2)19(15)23-18(24)11-9-14-8-10-16(26-20(21)22)17(12-14)25-3/h5-12,20H,4H2,1-3H3,(H,23,24). The number of hydrogen-bond donors (Lipinski definition) is 1. The van der Waals surface area contributed by atoms with E-state index in [0.29, 0.717) is 5.56 Å². The van der Waals surface area contributed by atoms with Crippen molar-refractivity contribution in [3.05, 3.63) is 59.2 Å². The van der Waals surface area contributed by atoms with E-state index in [4.69, 9.17) is 4.74 Å². The first-order valence-corrected chi connectivity index (χ1v) is 8.15. The average molecular weight is 361 g/mol. The van der Waals surface area contributed by atoms with Crippen LogP contribution in [-0.4, -0.2) is 19.6 Å². The fourth-order valence-corrected chi connectivity index (χ4v) is 2.52. The maximum absolute atomic E-state index is 12.3. The first-order valence-electron chi connectivity index (χ1n) is 8.15. The van der Waals surface area contributed by atoms with Crippen LogP contribution in [0.1, 0.15) is 23.6 Å². The Hall–Kier alpha value is -2.89. The number of alkyl halides is 2. The van der Waals surface area contributed by atoms with Gasteiger partial charge in [-0.25, -0.2) is 0 Å². The zero-order valence-electron chi connectivity index (χ0n) is 14.9. The third kappa shape index (κ3) is 5.05. The molecule has 0 saturated heterocycles. The van der Waals surface area contributed by atoms with E-state index in [0.717, 1.165) is 23.2 Å². The quantitative estimate of drug-likeness (QED) is 0.719. The summed E-state index contributed by atoms with van der Waals surface area (Å²) in [4.78, 5) is 12.2. The lowest BCUT2D eigenvalue weighted by Crippen LogP contribution is -2.11. The maximum Gasteiger partial charge on any atom is 0.387 e. The third-order valence-electron chi connectivity index (χ3n) is 3.82. The summed E-state index contributed by atoms with van der Waals surface area (Å²) in [7, 11) is 1.36. The summed E-state index contributed by atoms with van der Waals surface area (Å²) in [6, 6.07) is 10.3. The van der Waals surface area contributed by atoms with Crippen LogP contribution in [0.2, 0.25) is 0 Å². The summed E-state index contributed by atoms with van der Waals surface area (Å²) >= 11 is 0. The molecule has 26 heavy (non-hydrogen) atoms. The van der Waals surface area contributed by atoms with E-state index in [1.54, 1.807) is 12.1 Å². The van der Waals surface area contributed by atoms with Gasteiger partial charge >= 0.3 is 6.61 Å². The topological polar surface area (TPSA) is 47.6 Å². The molecule has 0 unspecified atom stereocenters. The second kappa shape index (κ2) is 8.99. The van der Waals surface area contributed by atoms with Gasteiger partial charge < -0.3 is 14.8 Å². The lowest BCUT2D eigenvalue weighted by molar-refractivity contribution is -0.111. The van der Waals surface area contributed by atoms with Crippen LogP contribution in [0.25, 0.3) is 6.08 Å². The van der Waals surface area contributed by atoms with Gasteiger partial charge in [-0.1, -0.05) is 31.2 Å². The van der Waals surface area contributed by atoms with E-state index in [1.165, 1.54) is 25.3 Å². The van der Waals surface area contributed by atoms with Gasteiger partial charge in [0.25, 0.3) is 0 Å². The van der Waals surface area contributed by atoms with Crippen molar-refractivity contribution in [2.45, 2.75) is 26.9 Å². The lowest BCUT2D eigenvalue weighted by Gasteiger charge is -2.11. The number of carbonyl (C=O) groups is 1. The van der Waals surface area contributed by atoms with Crippen LogP contribution in [0.15, 0.2) is 42.5 Å². The highest BCUT2D eigenvalue weighted by molar-refractivity contribution is 6.02. The van der Waals surface area contributed by atoms with E-state index in [1.807, 2.05) is 32.0 Å². The lowest BCUT2D eigenvalue weighted by atomic mass is 10.1. The number of nitrogens with one attached hydrogen (secondary N) is 1. The maximum atomic E-state index is 12.3. The van der Waals surface area contributed by atoms with Crippen molar-refractivity contribution >= 4 is 17.7 Å². The number of methoxy groups -OCH3 is 1. The van der Waals surface area contributed by atoms with Crippen molar-refractivity contribution in [1.29, 1.82) is 0 Å². The average Bonchev–Trinajstić information content (AvgIpc) is 2.62. The summed E-state index contributed by atoms with van der Waals surface area (Å²) in [5, 5.41) is 2.89. The molecule has 0 aliphatic heterocycles. The molecule has 4 nitrogen and oxygen atoms in total. The Morgan fingerprint density at radius 1 is 1.23 bits per heavy atom. The van der Waals surface area contributed by atoms with Crippen molar-refractivity contribution in [3.63, 3.8) is 0 Å². The zero-order chi connectivity index (χ0) is 19.1. The smallest absolute Gasteiger partial charge is 0.387 e. The first-order chi connectivity index (χ1) is 12.4. The molecule has 0 saturated carbocycles. The largest absolute Gasteiger partial charge is 0.493 e. The Morgan fingerprint density at radius 3 is 2.65 bits per heavy atom. The van der Waals surface area contributed by atoms with E-state index in [-0.39, 0.29) is 17.4 Å². The molecule has 0 aliphatic carbocycles. The molecule has 1 amide bonds. The number of benzene rings is 2. The van der Waals surface area contributed by atoms with Gasteiger partial charge in [0.1, 0.15) is 0 Å². The van der Waals surface area contributed by atoms with Crippen LogP contribution in [0.3, 0.4) is 0 Å². The van der Waals surface area contributed by atoms with Crippen molar-refractivity contribution in [3.8, 4) is 11.5 Å². The molecule has 2 aromatic rings. The predicted molar refractivity (Wildman–Crippen MR) is 97.8 cm³/mol. The van der Waals surface area contributed by atoms with E-state index in [9.17, 15) is 13.6 Å². The number of ether oxygens (including phenoxy) is 2.